The number of aryl methyl sites for hydroxylation is 1. The molecule has 2 aromatic heterocycles. The van der Waals surface area contributed by atoms with Crippen molar-refractivity contribution in [3.05, 3.63) is 47.9 Å². The first-order valence-electron chi connectivity index (χ1n) is 16.3. The number of hydrogen-bond donors (Lipinski definition) is 4. The quantitative estimate of drug-likeness (QED) is 0.302. The smallest absolute Gasteiger partial charge is 0.291 e. The van der Waals surface area contributed by atoms with Gasteiger partial charge in [0.15, 0.2) is 5.82 Å². The summed E-state index contributed by atoms with van der Waals surface area (Å²) >= 11 is 0. The third-order valence-electron chi connectivity index (χ3n) is 9.40. The van der Waals surface area contributed by atoms with E-state index < -0.39 is 11.7 Å². The van der Waals surface area contributed by atoms with Crippen molar-refractivity contribution >= 4 is 29.0 Å². The molecule has 3 atom stereocenters. The van der Waals surface area contributed by atoms with Gasteiger partial charge in [-0.25, -0.2) is 19.3 Å². The van der Waals surface area contributed by atoms with Crippen LogP contribution in [0.15, 0.2) is 30.5 Å². The highest BCUT2D eigenvalue weighted by atomic mass is 19.1. The first-order valence-corrected chi connectivity index (χ1v) is 16.3. The number of aromatic amines is 1. The predicted octanol–water partition coefficient (Wildman–Crippen LogP) is 4.55. The summed E-state index contributed by atoms with van der Waals surface area (Å²) in [6, 6.07) is 6.97. The number of carbonyl (C=O) groups is 2. The largest absolute Gasteiger partial charge is 0.366 e. The fourth-order valence-electron chi connectivity index (χ4n) is 6.94. The van der Waals surface area contributed by atoms with Gasteiger partial charge in [-0.3, -0.25) is 9.59 Å². The number of nitrogens with two attached hydrogens (primary N) is 1. The van der Waals surface area contributed by atoms with E-state index in [0.717, 1.165) is 44.3 Å². The summed E-state index contributed by atoms with van der Waals surface area (Å²) in [4.78, 5) is 47.3. The molecule has 1 aliphatic carbocycles. The third-order valence-corrected chi connectivity index (χ3v) is 9.40. The maximum atomic E-state index is 15.0. The van der Waals surface area contributed by atoms with E-state index in [-0.39, 0.29) is 35.8 Å². The van der Waals surface area contributed by atoms with Gasteiger partial charge in [0.2, 0.25) is 5.91 Å². The lowest BCUT2D eigenvalue weighted by Crippen LogP contribution is -2.49. The van der Waals surface area contributed by atoms with Crippen molar-refractivity contribution in [1.29, 1.82) is 0 Å². The van der Waals surface area contributed by atoms with Crippen LogP contribution in [0, 0.1) is 18.7 Å². The number of aromatic nitrogens is 4. The molecule has 5 N–H and O–H groups in total. The molecule has 2 saturated heterocycles. The Labute approximate surface area is 263 Å². The summed E-state index contributed by atoms with van der Waals surface area (Å²) in [7, 11) is 0. The molecule has 2 aliphatic heterocycles. The lowest BCUT2D eigenvalue weighted by Gasteiger charge is -2.39. The van der Waals surface area contributed by atoms with Crippen molar-refractivity contribution in [2.45, 2.75) is 89.8 Å². The average molecular weight is 618 g/mol. The van der Waals surface area contributed by atoms with Crippen molar-refractivity contribution < 1.29 is 14.0 Å². The van der Waals surface area contributed by atoms with Gasteiger partial charge >= 0.3 is 0 Å². The van der Waals surface area contributed by atoms with Gasteiger partial charge in [0.25, 0.3) is 5.91 Å². The Bertz CT molecular complexity index is 1520. The minimum atomic E-state index is -0.489. The number of nitrogens with one attached hydrogen (secondary N) is 3. The molecule has 0 radical (unpaired) electrons. The summed E-state index contributed by atoms with van der Waals surface area (Å²) in [6.07, 6.45) is 10.8. The SMILES string of the molecule is Cc1nc(-c2cnc(C(=O)Nc3cccc(F)c3N3CCC[C@@H](N)C3)[nH]2)cc(N2CC(C(=O)NC3CCCCC3)CCC2C)n1. The molecule has 11 nitrogen and oxygen atoms in total. The molecule has 6 rings (SSSR count). The molecule has 3 fully saturated rings. The highest BCUT2D eigenvalue weighted by Crippen LogP contribution is 2.32. The lowest BCUT2D eigenvalue weighted by atomic mass is 9.91. The second-order valence-electron chi connectivity index (χ2n) is 12.9. The monoisotopic (exact) mass is 617 g/mol. The summed E-state index contributed by atoms with van der Waals surface area (Å²) in [5, 5.41) is 6.14. The van der Waals surface area contributed by atoms with Crippen LogP contribution in [0.4, 0.5) is 21.6 Å². The fraction of sp³-hybridized carbons (Fsp3) is 0.545. The molecule has 12 heteroatoms. The predicted molar refractivity (Wildman–Crippen MR) is 173 cm³/mol. The Morgan fingerprint density at radius 3 is 2.67 bits per heavy atom. The molecule has 1 saturated carbocycles. The van der Waals surface area contributed by atoms with E-state index in [1.54, 1.807) is 18.3 Å². The van der Waals surface area contributed by atoms with Crippen LogP contribution in [0.1, 0.15) is 81.2 Å². The van der Waals surface area contributed by atoms with Gasteiger partial charge in [0.05, 0.1) is 34.9 Å². The summed E-state index contributed by atoms with van der Waals surface area (Å²) in [5.74, 6) is 0.539. The Kier molecular flexibility index (Phi) is 9.29. The molecule has 1 aromatic carbocycles. The Morgan fingerprint density at radius 2 is 1.87 bits per heavy atom. The number of halogens is 1. The van der Waals surface area contributed by atoms with Crippen molar-refractivity contribution in [3.8, 4) is 11.4 Å². The molecule has 2 amide bonds. The van der Waals surface area contributed by atoms with E-state index in [1.165, 1.54) is 25.3 Å². The van der Waals surface area contributed by atoms with Crippen LogP contribution in [0.5, 0.6) is 0 Å². The molecule has 45 heavy (non-hydrogen) atoms. The van der Waals surface area contributed by atoms with Gasteiger partial charge in [-0.1, -0.05) is 25.3 Å². The third kappa shape index (κ3) is 7.11. The summed E-state index contributed by atoms with van der Waals surface area (Å²) < 4.78 is 15.0. The molecular formula is C33H44FN9O2. The Balaban J connectivity index is 1.17. The van der Waals surface area contributed by atoms with Gasteiger partial charge < -0.3 is 31.2 Å². The first kappa shape index (κ1) is 30.9. The zero-order valence-corrected chi connectivity index (χ0v) is 26.2. The number of anilines is 3. The van der Waals surface area contributed by atoms with E-state index in [4.69, 9.17) is 10.7 Å². The lowest BCUT2D eigenvalue weighted by molar-refractivity contribution is -0.126. The van der Waals surface area contributed by atoms with E-state index in [2.05, 4.69) is 37.4 Å². The van der Waals surface area contributed by atoms with Crippen LogP contribution in [0.2, 0.25) is 0 Å². The van der Waals surface area contributed by atoms with Gasteiger partial charge in [0.1, 0.15) is 17.5 Å². The molecule has 2 unspecified atom stereocenters. The van der Waals surface area contributed by atoms with E-state index >= 15 is 0 Å². The van der Waals surface area contributed by atoms with Crippen LogP contribution >= 0.6 is 0 Å². The maximum absolute atomic E-state index is 15.0. The number of para-hydroxylation sites is 1. The number of H-pyrrole nitrogens is 1. The number of carbonyl (C=O) groups excluding carboxylic acids is 2. The second-order valence-corrected chi connectivity index (χ2v) is 12.9. The minimum absolute atomic E-state index is 0.0479. The number of benzene rings is 1. The topological polar surface area (TPSA) is 145 Å². The zero-order valence-electron chi connectivity index (χ0n) is 26.2. The van der Waals surface area contributed by atoms with Crippen molar-refractivity contribution in [1.82, 2.24) is 25.3 Å². The molecular weight excluding hydrogens is 573 g/mol. The maximum Gasteiger partial charge on any atom is 0.291 e. The summed E-state index contributed by atoms with van der Waals surface area (Å²) in [6.45, 7) is 5.76. The average Bonchev–Trinajstić information content (AvgIpc) is 3.52. The number of rotatable bonds is 7. The zero-order chi connectivity index (χ0) is 31.5. The van der Waals surface area contributed by atoms with Crippen LogP contribution in [0.25, 0.3) is 11.4 Å². The van der Waals surface area contributed by atoms with Crippen molar-refractivity contribution in [2.75, 3.05) is 34.8 Å². The van der Waals surface area contributed by atoms with Gasteiger partial charge in [-0.15, -0.1) is 0 Å². The van der Waals surface area contributed by atoms with Crippen molar-refractivity contribution in [3.63, 3.8) is 0 Å². The highest BCUT2D eigenvalue weighted by molar-refractivity contribution is 6.04. The number of imidazole rings is 1. The molecule has 0 bridgehead atoms. The number of hydrogen-bond acceptors (Lipinski definition) is 8. The first-order chi connectivity index (χ1) is 21.7. The van der Waals surface area contributed by atoms with E-state index in [1.807, 2.05) is 17.9 Å². The van der Waals surface area contributed by atoms with E-state index in [0.29, 0.717) is 48.2 Å². The Hall–Kier alpha value is -4.06. The minimum Gasteiger partial charge on any atom is -0.366 e. The van der Waals surface area contributed by atoms with Crippen LogP contribution in [-0.4, -0.2) is 69.5 Å². The second kappa shape index (κ2) is 13.5. The highest BCUT2D eigenvalue weighted by Gasteiger charge is 2.32. The molecule has 3 aliphatic rings. The number of amides is 2. The standard InChI is InChI=1S/C33H44FN9O2/c1-20-13-14-22(32(44)39-24-9-4-3-5-10-24)18-43(20)29-16-27(37-21(2)38-29)28-17-36-31(40-28)33(45)41-26-12-6-11-25(34)30(26)42-15-7-8-23(35)19-42/h6,11-12,16-17,20,22-24H,3-5,7-10,13-15,18-19,35H2,1-2H3,(H,36,40)(H,39,44)(H,41,45)/t20?,22?,23-/m1/s1. The van der Waals surface area contributed by atoms with Gasteiger partial charge in [-0.05, 0) is 64.5 Å². The summed E-state index contributed by atoms with van der Waals surface area (Å²) in [5.41, 5.74) is 8.01. The Morgan fingerprint density at radius 1 is 1.04 bits per heavy atom. The van der Waals surface area contributed by atoms with Gasteiger partial charge in [0, 0.05) is 43.8 Å². The molecule has 0 spiro atoms. The molecule has 4 heterocycles. The van der Waals surface area contributed by atoms with Crippen LogP contribution < -0.4 is 26.2 Å². The molecule has 240 valence electrons. The van der Waals surface area contributed by atoms with Crippen molar-refractivity contribution in [2.24, 2.45) is 11.7 Å². The number of nitrogens with zero attached hydrogens (tertiary/aromatic N) is 5. The van der Waals surface area contributed by atoms with E-state index in [9.17, 15) is 14.0 Å². The normalized spacial score (nSPS) is 22.7. The fourth-order valence-corrected chi connectivity index (χ4v) is 6.94. The van der Waals surface area contributed by atoms with Crippen LogP contribution in [0.3, 0.4) is 0 Å². The van der Waals surface area contributed by atoms with Gasteiger partial charge in [-0.2, -0.15) is 0 Å². The number of piperidine rings is 2. The van der Waals surface area contributed by atoms with Crippen LogP contribution in [-0.2, 0) is 4.79 Å². The molecule has 3 aromatic rings.